The number of hydrogen-bond acceptors (Lipinski definition) is 2. The number of carbonyl (C=O) groups is 1. The van der Waals surface area contributed by atoms with Gasteiger partial charge in [0.2, 0.25) is 0 Å². The van der Waals surface area contributed by atoms with Gasteiger partial charge in [-0.05, 0) is 29.0 Å². The average Bonchev–Trinajstić information content (AvgIpc) is 2.96. The highest BCUT2D eigenvalue weighted by Gasteiger charge is 2.62. The van der Waals surface area contributed by atoms with Crippen LogP contribution >= 0.6 is 11.6 Å². The molecule has 0 spiro atoms. The summed E-state index contributed by atoms with van der Waals surface area (Å²) in [7, 11) is 0. The molecular weight excluding hydrogens is 336 g/mol. The van der Waals surface area contributed by atoms with Gasteiger partial charge >= 0.3 is 12.1 Å². The Morgan fingerprint density at radius 1 is 1.39 bits per heavy atom. The lowest BCUT2D eigenvalue weighted by Gasteiger charge is -2.06. The highest BCUT2D eigenvalue weighted by atomic mass is 35.5. The predicted molar refractivity (Wildman–Crippen MR) is 76.9 cm³/mol. The summed E-state index contributed by atoms with van der Waals surface area (Å²) in [5.41, 5.74) is -0.193. The maximum absolute atomic E-state index is 13.0. The average molecular weight is 351 g/mol. The normalized spacial score (nSPS) is 23.5. The minimum Gasteiger partial charge on any atom is -0.461 e. The standard InChI is InChI=1S/C16H15ClF4O2/c1-15(2)11(7-12(17)16(19,20)21)13(15)14(22)23-8-9-4-3-5-10(18)6-9/h3-7,11,13H,8H2,1-2H3/t11-,13-/m1/s1. The second-order valence-corrected chi connectivity index (χ2v) is 6.48. The molecule has 23 heavy (non-hydrogen) atoms. The molecule has 2 nitrogen and oxygen atoms in total. The summed E-state index contributed by atoms with van der Waals surface area (Å²) in [5.74, 6) is -2.42. The van der Waals surface area contributed by atoms with Crippen LogP contribution in [-0.2, 0) is 16.1 Å². The van der Waals surface area contributed by atoms with E-state index in [0.29, 0.717) is 5.56 Å². The van der Waals surface area contributed by atoms with Crippen LogP contribution < -0.4 is 0 Å². The molecule has 0 unspecified atom stereocenters. The third kappa shape index (κ3) is 4.05. The van der Waals surface area contributed by atoms with E-state index in [-0.39, 0.29) is 6.61 Å². The van der Waals surface area contributed by atoms with Crippen LogP contribution in [0.1, 0.15) is 19.4 Å². The smallest absolute Gasteiger partial charge is 0.426 e. The zero-order valence-corrected chi connectivity index (χ0v) is 13.2. The lowest BCUT2D eigenvalue weighted by Crippen LogP contribution is -2.11. The molecule has 1 saturated carbocycles. The number of hydrogen-bond donors (Lipinski definition) is 0. The Bertz CT molecular complexity index is 637. The third-order valence-corrected chi connectivity index (χ3v) is 4.37. The number of rotatable bonds is 4. The van der Waals surface area contributed by atoms with E-state index >= 15 is 0 Å². The Kier molecular flexibility index (Phi) is 4.76. The summed E-state index contributed by atoms with van der Waals surface area (Å²) >= 11 is 5.22. The van der Waals surface area contributed by atoms with E-state index in [1.165, 1.54) is 18.2 Å². The molecule has 0 heterocycles. The van der Waals surface area contributed by atoms with E-state index < -0.39 is 40.2 Å². The van der Waals surface area contributed by atoms with Crippen LogP contribution in [0.15, 0.2) is 35.4 Å². The minimum absolute atomic E-state index is 0.132. The molecule has 126 valence electrons. The van der Waals surface area contributed by atoms with Gasteiger partial charge in [0.25, 0.3) is 0 Å². The van der Waals surface area contributed by atoms with E-state index in [4.69, 9.17) is 16.3 Å². The van der Waals surface area contributed by atoms with Gasteiger partial charge in [-0.1, -0.05) is 43.7 Å². The number of esters is 1. The fourth-order valence-corrected chi connectivity index (χ4v) is 2.70. The van der Waals surface area contributed by atoms with Crippen molar-refractivity contribution < 1.29 is 27.1 Å². The van der Waals surface area contributed by atoms with Gasteiger partial charge in [0.1, 0.15) is 17.5 Å². The Morgan fingerprint density at radius 2 is 2.04 bits per heavy atom. The quantitative estimate of drug-likeness (QED) is 0.574. The van der Waals surface area contributed by atoms with Crippen LogP contribution in [0.25, 0.3) is 0 Å². The molecule has 0 amide bonds. The predicted octanol–water partition coefficient (Wildman–Crippen LogP) is 4.83. The van der Waals surface area contributed by atoms with E-state index in [1.807, 2.05) is 0 Å². The van der Waals surface area contributed by atoms with E-state index in [1.54, 1.807) is 19.9 Å². The van der Waals surface area contributed by atoms with Crippen LogP contribution in [0.2, 0.25) is 0 Å². The van der Waals surface area contributed by atoms with Crippen molar-refractivity contribution in [1.29, 1.82) is 0 Å². The van der Waals surface area contributed by atoms with E-state index in [0.717, 1.165) is 6.08 Å². The molecule has 1 aliphatic rings. The molecule has 0 aliphatic heterocycles. The van der Waals surface area contributed by atoms with Crippen molar-refractivity contribution in [1.82, 2.24) is 0 Å². The summed E-state index contributed by atoms with van der Waals surface area (Å²) in [5, 5.41) is -1.24. The molecule has 0 saturated heterocycles. The monoisotopic (exact) mass is 350 g/mol. The number of halogens is 5. The van der Waals surface area contributed by atoms with Gasteiger partial charge in [-0.25, -0.2) is 4.39 Å². The summed E-state index contributed by atoms with van der Waals surface area (Å²) in [6.45, 7) is 3.21. The van der Waals surface area contributed by atoms with Crippen molar-refractivity contribution in [2.45, 2.75) is 26.6 Å². The highest BCUT2D eigenvalue weighted by Crippen LogP contribution is 2.60. The van der Waals surface area contributed by atoms with Crippen molar-refractivity contribution in [2.24, 2.45) is 17.3 Å². The second-order valence-electron chi connectivity index (χ2n) is 6.07. The van der Waals surface area contributed by atoms with Crippen LogP contribution in [0.3, 0.4) is 0 Å². The number of carbonyl (C=O) groups excluding carboxylic acids is 1. The fraction of sp³-hybridized carbons (Fsp3) is 0.438. The van der Waals surface area contributed by atoms with Crippen molar-refractivity contribution in [3.05, 3.63) is 46.8 Å². The number of benzene rings is 1. The number of alkyl halides is 3. The third-order valence-electron chi connectivity index (χ3n) is 4.03. The lowest BCUT2D eigenvalue weighted by atomic mass is 10.1. The zero-order chi connectivity index (χ0) is 17.4. The van der Waals surface area contributed by atoms with Gasteiger partial charge in [-0.15, -0.1) is 0 Å². The summed E-state index contributed by atoms with van der Waals surface area (Å²) < 4.78 is 55.5. The summed E-state index contributed by atoms with van der Waals surface area (Å²) in [6.07, 6.45) is -3.77. The first kappa shape index (κ1) is 17.8. The maximum Gasteiger partial charge on any atom is 0.426 e. The minimum atomic E-state index is -4.63. The molecule has 0 N–H and O–H groups in total. The maximum atomic E-state index is 13.0. The molecule has 1 aliphatic carbocycles. The van der Waals surface area contributed by atoms with Crippen molar-refractivity contribution in [3.8, 4) is 0 Å². The van der Waals surface area contributed by atoms with Gasteiger partial charge in [-0.2, -0.15) is 13.2 Å². The van der Waals surface area contributed by atoms with Crippen LogP contribution in [-0.4, -0.2) is 12.1 Å². The molecule has 1 aromatic carbocycles. The first-order valence-corrected chi connectivity index (χ1v) is 7.27. The molecule has 0 bridgehead atoms. The lowest BCUT2D eigenvalue weighted by molar-refractivity contribution is -0.147. The SMILES string of the molecule is CC1(C)[C@H](C=C(Cl)C(F)(F)F)[C@@H]1C(=O)OCc1cccc(F)c1. The summed E-state index contributed by atoms with van der Waals surface area (Å²) in [6, 6.07) is 5.55. The largest absolute Gasteiger partial charge is 0.461 e. The van der Waals surface area contributed by atoms with Gasteiger partial charge in [-0.3, -0.25) is 4.79 Å². The molecule has 2 rings (SSSR count). The number of allylic oxidation sites excluding steroid dienone is 2. The Morgan fingerprint density at radius 3 is 2.61 bits per heavy atom. The molecule has 7 heteroatoms. The Labute approximate surface area is 136 Å². The van der Waals surface area contributed by atoms with Gasteiger partial charge in [0.15, 0.2) is 0 Å². The van der Waals surface area contributed by atoms with Gasteiger partial charge in [0.05, 0.1) is 5.92 Å². The molecule has 2 atom stereocenters. The highest BCUT2D eigenvalue weighted by molar-refractivity contribution is 6.30. The van der Waals surface area contributed by atoms with Crippen LogP contribution in [0.4, 0.5) is 17.6 Å². The molecular formula is C16H15ClF4O2. The molecule has 0 aromatic heterocycles. The van der Waals surface area contributed by atoms with Crippen molar-refractivity contribution >= 4 is 17.6 Å². The van der Waals surface area contributed by atoms with Gasteiger partial charge < -0.3 is 4.74 Å². The van der Waals surface area contributed by atoms with E-state index in [9.17, 15) is 22.4 Å². The van der Waals surface area contributed by atoms with Crippen molar-refractivity contribution in [3.63, 3.8) is 0 Å². The first-order valence-electron chi connectivity index (χ1n) is 6.89. The van der Waals surface area contributed by atoms with Crippen LogP contribution in [0, 0.1) is 23.1 Å². The number of ether oxygens (including phenoxy) is 1. The van der Waals surface area contributed by atoms with Gasteiger partial charge in [0, 0.05) is 0 Å². The molecule has 1 aromatic rings. The summed E-state index contributed by atoms with van der Waals surface area (Å²) in [4.78, 5) is 12.1. The Hall–Kier alpha value is -1.56. The van der Waals surface area contributed by atoms with E-state index in [2.05, 4.69) is 0 Å². The molecule has 0 radical (unpaired) electrons. The first-order chi connectivity index (χ1) is 10.5. The molecule has 1 fully saturated rings. The fourth-order valence-electron chi connectivity index (χ4n) is 2.56. The topological polar surface area (TPSA) is 26.3 Å². The van der Waals surface area contributed by atoms with Crippen molar-refractivity contribution in [2.75, 3.05) is 0 Å². The zero-order valence-electron chi connectivity index (χ0n) is 12.5. The second kappa shape index (κ2) is 6.15. The van der Waals surface area contributed by atoms with Crippen LogP contribution in [0.5, 0.6) is 0 Å². The Balaban J connectivity index is 2.00.